The summed E-state index contributed by atoms with van der Waals surface area (Å²) < 4.78 is 21.0. The van der Waals surface area contributed by atoms with Gasteiger partial charge in [0.2, 0.25) is 11.8 Å². The van der Waals surface area contributed by atoms with Crippen molar-refractivity contribution in [2.45, 2.75) is 84.0 Å². The fourth-order valence-electron chi connectivity index (χ4n) is 8.41. The maximum atomic E-state index is 15.5. The Morgan fingerprint density at radius 1 is 1.02 bits per heavy atom. The van der Waals surface area contributed by atoms with Gasteiger partial charge in [0.05, 0.1) is 5.69 Å². The predicted octanol–water partition coefficient (Wildman–Crippen LogP) is 7.13. The van der Waals surface area contributed by atoms with Crippen molar-refractivity contribution in [3.8, 4) is 11.1 Å². The highest BCUT2D eigenvalue weighted by molar-refractivity contribution is 6.05. The molecule has 2 saturated heterocycles. The highest BCUT2D eigenvalue weighted by atomic mass is 19.1. The zero-order valence-electron chi connectivity index (χ0n) is 30.4. The lowest BCUT2D eigenvalue weighted by atomic mass is 9.94. The molecule has 4 aliphatic rings. The van der Waals surface area contributed by atoms with Gasteiger partial charge in [0.25, 0.3) is 11.4 Å². The van der Waals surface area contributed by atoms with Crippen LogP contribution in [0.2, 0.25) is 0 Å². The van der Waals surface area contributed by atoms with E-state index in [1.165, 1.54) is 11.0 Å². The third kappa shape index (κ3) is 6.50. The number of amides is 3. The molecule has 272 valence electrons. The van der Waals surface area contributed by atoms with E-state index in [0.29, 0.717) is 29.2 Å². The third-order valence-corrected chi connectivity index (χ3v) is 11.7. The van der Waals surface area contributed by atoms with E-state index >= 15 is 4.39 Å². The minimum absolute atomic E-state index is 0.156. The smallest absolute Gasteiger partial charge is 0.258 e. The molecule has 1 aliphatic carbocycles. The number of aryl methyl sites for hydroxylation is 3. The van der Waals surface area contributed by atoms with Crippen molar-refractivity contribution >= 4 is 29.1 Å². The number of carbonyl (C=O) groups is 3. The standard InChI is InChI=1S/C42H43FN6O4/c1-25-5-6-29(39-26(2)46-53-27(39)3)21-37(25)48(33-9-7-32(8-10-33)42(44-4)15-16-42)22-28-13-17-47(18-14-28)23-31-19-34-30(20-35(31)43)24-49(41(34)52)36-11-12-38(50)45-40(36)51/h5-10,19-21,28,36H,11-18,22-24H2,1-3H3,(H,45,50,51). The summed E-state index contributed by atoms with van der Waals surface area (Å²) in [4.78, 5) is 47.6. The summed E-state index contributed by atoms with van der Waals surface area (Å²) in [5.74, 6) is -0.298. The van der Waals surface area contributed by atoms with Crippen LogP contribution < -0.4 is 10.2 Å². The van der Waals surface area contributed by atoms with E-state index in [1.807, 2.05) is 13.8 Å². The second-order valence-corrected chi connectivity index (χ2v) is 15.2. The van der Waals surface area contributed by atoms with Crippen LogP contribution in [0.4, 0.5) is 15.8 Å². The molecule has 8 rings (SSSR count). The van der Waals surface area contributed by atoms with Crippen molar-refractivity contribution in [1.29, 1.82) is 0 Å². The van der Waals surface area contributed by atoms with Gasteiger partial charge >= 0.3 is 0 Å². The number of aromatic nitrogens is 1. The normalized spacial score (nSPS) is 19.9. The summed E-state index contributed by atoms with van der Waals surface area (Å²) in [6, 6.07) is 17.4. The second kappa shape index (κ2) is 13.6. The van der Waals surface area contributed by atoms with Gasteiger partial charge in [-0.2, -0.15) is 0 Å². The second-order valence-electron chi connectivity index (χ2n) is 15.2. The first-order valence-electron chi connectivity index (χ1n) is 18.5. The summed E-state index contributed by atoms with van der Waals surface area (Å²) in [7, 11) is 0. The summed E-state index contributed by atoms with van der Waals surface area (Å²) in [5.41, 5.74) is 8.44. The maximum Gasteiger partial charge on any atom is 0.258 e. The molecule has 3 aliphatic heterocycles. The van der Waals surface area contributed by atoms with Gasteiger partial charge in [0, 0.05) is 72.5 Å². The molecule has 11 heteroatoms. The number of carbonyl (C=O) groups excluding carboxylic acids is 3. The van der Waals surface area contributed by atoms with Gasteiger partial charge in [-0.15, -0.1) is 0 Å². The van der Waals surface area contributed by atoms with Gasteiger partial charge in [-0.3, -0.25) is 24.6 Å². The van der Waals surface area contributed by atoms with Gasteiger partial charge in [-0.05, 0) is 118 Å². The molecule has 1 unspecified atom stereocenters. The Labute approximate surface area is 308 Å². The summed E-state index contributed by atoms with van der Waals surface area (Å²) in [5, 5.41) is 6.51. The van der Waals surface area contributed by atoms with E-state index in [0.717, 1.165) is 90.4 Å². The molecule has 4 aromatic rings. The average Bonchev–Trinajstić information content (AvgIpc) is 3.80. The number of imide groups is 1. The van der Waals surface area contributed by atoms with Crippen molar-refractivity contribution in [2.24, 2.45) is 5.92 Å². The zero-order valence-corrected chi connectivity index (χ0v) is 30.4. The van der Waals surface area contributed by atoms with Crippen LogP contribution in [0.5, 0.6) is 0 Å². The predicted molar refractivity (Wildman–Crippen MR) is 198 cm³/mol. The maximum absolute atomic E-state index is 15.5. The van der Waals surface area contributed by atoms with Crippen molar-refractivity contribution in [3.05, 3.63) is 111 Å². The molecule has 1 atom stereocenters. The fraction of sp³-hybridized carbons (Fsp3) is 0.405. The summed E-state index contributed by atoms with van der Waals surface area (Å²) in [6.45, 7) is 16.7. The van der Waals surface area contributed by atoms with Crippen molar-refractivity contribution in [1.82, 2.24) is 20.3 Å². The Kier molecular flexibility index (Phi) is 8.89. The molecule has 1 aromatic heterocycles. The Bertz CT molecular complexity index is 2140. The molecule has 1 N–H and O–H groups in total. The highest BCUT2D eigenvalue weighted by Crippen LogP contribution is 2.50. The molecular weight excluding hydrogens is 671 g/mol. The lowest BCUT2D eigenvalue weighted by molar-refractivity contribution is -0.136. The molecule has 4 heterocycles. The van der Waals surface area contributed by atoms with Crippen molar-refractivity contribution in [2.75, 3.05) is 24.5 Å². The summed E-state index contributed by atoms with van der Waals surface area (Å²) >= 11 is 0. The third-order valence-electron chi connectivity index (χ3n) is 11.7. The van der Waals surface area contributed by atoms with Crippen LogP contribution in [0.1, 0.15) is 82.6 Å². The van der Waals surface area contributed by atoms with Crippen molar-refractivity contribution in [3.63, 3.8) is 0 Å². The number of hydrogen-bond donors (Lipinski definition) is 1. The first-order chi connectivity index (χ1) is 25.5. The van der Waals surface area contributed by atoms with E-state index in [9.17, 15) is 14.4 Å². The largest absolute Gasteiger partial charge is 0.361 e. The van der Waals surface area contributed by atoms with Gasteiger partial charge in [-0.1, -0.05) is 17.3 Å². The van der Waals surface area contributed by atoms with Crippen LogP contribution in [-0.4, -0.2) is 58.4 Å². The molecule has 10 nitrogen and oxygen atoms in total. The number of anilines is 2. The molecule has 3 fully saturated rings. The number of fused-ring (bicyclic) bond motifs is 1. The quantitative estimate of drug-likeness (QED) is 0.145. The number of likely N-dealkylation sites (tertiary alicyclic amines) is 1. The monoisotopic (exact) mass is 714 g/mol. The fourth-order valence-corrected chi connectivity index (χ4v) is 8.41. The number of nitrogens with zero attached hydrogens (tertiary/aromatic N) is 5. The molecule has 3 amide bonds. The van der Waals surface area contributed by atoms with Gasteiger partial charge in [0.15, 0.2) is 0 Å². The van der Waals surface area contributed by atoms with Gasteiger partial charge in [-0.25, -0.2) is 11.0 Å². The van der Waals surface area contributed by atoms with Crippen LogP contribution in [-0.2, 0) is 28.2 Å². The SMILES string of the molecule is [C-]#[N+]C1(c2ccc(N(CC3CCN(Cc4cc5c(cc4F)CN(C4CCC(=O)NC4=O)C5=O)CC3)c3cc(-c4c(C)noc4C)ccc3C)cc2)CC1. The zero-order chi connectivity index (χ0) is 37.0. The lowest BCUT2D eigenvalue weighted by Gasteiger charge is -2.36. The van der Waals surface area contributed by atoms with Crippen LogP contribution in [0.25, 0.3) is 16.0 Å². The van der Waals surface area contributed by atoms with Crippen LogP contribution in [0.3, 0.4) is 0 Å². The summed E-state index contributed by atoms with van der Waals surface area (Å²) in [6.07, 6.45) is 4.10. The van der Waals surface area contributed by atoms with E-state index in [1.54, 1.807) is 6.07 Å². The molecule has 0 bridgehead atoms. The molecule has 53 heavy (non-hydrogen) atoms. The molecule has 0 spiro atoms. The topological polar surface area (TPSA) is 103 Å². The molecule has 3 aromatic carbocycles. The number of nitrogens with one attached hydrogen (secondary N) is 1. The van der Waals surface area contributed by atoms with Crippen LogP contribution in [0.15, 0.2) is 59.1 Å². The van der Waals surface area contributed by atoms with E-state index in [4.69, 9.17) is 11.1 Å². The molecule has 1 saturated carbocycles. The van der Waals surface area contributed by atoms with E-state index in [-0.39, 0.29) is 42.6 Å². The van der Waals surface area contributed by atoms with Gasteiger partial charge in [0.1, 0.15) is 17.6 Å². The number of benzene rings is 3. The van der Waals surface area contributed by atoms with Crippen molar-refractivity contribution < 1.29 is 23.3 Å². The number of rotatable bonds is 9. The first-order valence-corrected chi connectivity index (χ1v) is 18.5. The van der Waals surface area contributed by atoms with Crippen LogP contribution >= 0.6 is 0 Å². The average molecular weight is 715 g/mol. The number of hydrogen-bond acceptors (Lipinski definition) is 7. The van der Waals surface area contributed by atoms with E-state index < -0.39 is 11.9 Å². The van der Waals surface area contributed by atoms with Gasteiger partial charge < -0.3 is 19.2 Å². The van der Waals surface area contributed by atoms with Crippen LogP contribution in [0, 0.1) is 39.1 Å². The molecular formula is C42H43FN6O4. The Morgan fingerprint density at radius 3 is 2.43 bits per heavy atom. The highest BCUT2D eigenvalue weighted by Gasteiger charge is 2.52. The Morgan fingerprint density at radius 2 is 1.77 bits per heavy atom. The minimum atomic E-state index is -0.730. The Hall–Kier alpha value is -5.34. The molecule has 0 radical (unpaired) electrons. The number of piperidine rings is 2. The van der Waals surface area contributed by atoms with E-state index in [2.05, 4.69) is 74.5 Å². The first kappa shape index (κ1) is 34.7. The number of halogens is 1. The lowest BCUT2D eigenvalue weighted by Crippen LogP contribution is -2.52. The Balaban J connectivity index is 0.987. The minimum Gasteiger partial charge on any atom is -0.361 e.